The van der Waals surface area contributed by atoms with Crippen LogP contribution in [0.4, 0.5) is 0 Å². The molecule has 5 heteroatoms. The Labute approximate surface area is 121 Å². The minimum Gasteiger partial charge on any atom is -0.481 e. The number of hydrogen-bond acceptors (Lipinski definition) is 3. The van der Waals surface area contributed by atoms with Gasteiger partial charge in [-0.2, -0.15) is 0 Å². The summed E-state index contributed by atoms with van der Waals surface area (Å²) in [7, 11) is 0. The van der Waals surface area contributed by atoms with Crippen LogP contribution in [0.2, 0.25) is 5.02 Å². The third kappa shape index (κ3) is 2.12. The number of nitrogens with zero attached hydrogens (tertiary/aromatic N) is 1. The fraction of sp³-hybridized carbons (Fsp3) is 0.200. The topological polar surface area (TPSA) is 59.4 Å². The maximum absolute atomic E-state index is 11.1. The molecular weight excluding hydrogens is 278 g/mol. The fourth-order valence-electron chi connectivity index (χ4n) is 2.26. The number of fused-ring (bicyclic) bond motifs is 2. The lowest BCUT2D eigenvalue weighted by molar-refractivity contribution is -0.138. The summed E-state index contributed by atoms with van der Waals surface area (Å²) in [4.78, 5) is 15.3. The minimum atomic E-state index is -0.875. The number of hydrogen-bond donors (Lipinski definition) is 1. The monoisotopic (exact) mass is 289 g/mol. The molecule has 1 unspecified atom stereocenters. The normalized spacial score (nSPS) is 13.9. The highest BCUT2D eigenvalue weighted by Gasteiger charge is 2.23. The fourth-order valence-corrected chi connectivity index (χ4v) is 2.55. The van der Waals surface area contributed by atoms with Gasteiger partial charge in [0.25, 0.3) is 0 Å². The first-order valence-corrected chi connectivity index (χ1v) is 6.61. The smallest absolute Gasteiger partial charge is 0.310 e. The summed E-state index contributed by atoms with van der Waals surface area (Å²) in [6.07, 6.45) is 2.30. The quantitative estimate of drug-likeness (QED) is 0.783. The van der Waals surface area contributed by atoms with Gasteiger partial charge in [-0.25, -0.2) is 4.98 Å². The van der Waals surface area contributed by atoms with Crippen molar-refractivity contribution < 1.29 is 14.6 Å². The van der Waals surface area contributed by atoms with Gasteiger partial charge in [0, 0.05) is 23.7 Å². The molecule has 1 aromatic carbocycles. The van der Waals surface area contributed by atoms with Crippen LogP contribution in [0.5, 0.6) is 11.6 Å². The first-order valence-electron chi connectivity index (χ1n) is 6.23. The molecule has 1 aromatic heterocycles. The SMILES string of the molecule is CC(C(=O)O)c1cc(Cl)c2c(c1)Cc1cccnc1O2. The highest BCUT2D eigenvalue weighted by Crippen LogP contribution is 2.41. The Bertz CT molecular complexity index is 700. The molecule has 0 aliphatic carbocycles. The van der Waals surface area contributed by atoms with Crippen molar-refractivity contribution >= 4 is 17.6 Å². The van der Waals surface area contributed by atoms with Crippen molar-refractivity contribution in [2.24, 2.45) is 0 Å². The van der Waals surface area contributed by atoms with Crippen LogP contribution in [0.25, 0.3) is 0 Å². The van der Waals surface area contributed by atoms with Crippen molar-refractivity contribution in [3.63, 3.8) is 0 Å². The Balaban J connectivity index is 2.06. The van der Waals surface area contributed by atoms with Gasteiger partial charge in [0.2, 0.25) is 5.88 Å². The third-order valence-corrected chi connectivity index (χ3v) is 3.72. The summed E-state index contributed by atoms with van der Waals surface area (Å²) < 4.78 is 5.71. The number of rotatable bonds is 2. The van der Waals surface area contributed by atoms with E-state index in [1.807, 2.05) is 18.2 Å². The van der Waals surface area contributed by atoms with Gasteiger partial charge in [0.1, 0.15) is 0 Å². The number of carbonyl (C=O) groups is 1. The van der Waals surface area contributed by atoms with Gasteiger partial charge in [-0.3, -0.25) is 4.79 Å². The van der Waals surface area contributed by atoms with Crippen molar-refractivity contribution in [1.82, 2.24) is 4.98 Å². The highest BCUT2D eigenvalue weighted by atomic mass is 35.5. The van der Waals surface area contributed by atoms with Crippen LogP contribution in [0, 0.1) is 0 Å². The van der Waals surface area contributed by atoms with E-state index in [4.69, 9.17) is 21.4 Å². The average molecular weight is 290 g/mol. The second-order valence-corrected chi connectivity index (χ2v) is 5.20. The molecule has 0 radical (unpaired) electrons. The number of ether oxygens (including phenoxy) is 1. The zero-order chi connectivity index (χ0) is 14.3. The zero-order valence-corrected chi connectivity index (χ0v) is 11.5. The summed E-state index contributed by atoms with van der Waals surface area (Å²) in [5.74, 6) is -0.354. The standard InChI is InChI=1S/C15H12ClNO3/c1-8(15(18)19)10-6-11-5-9-3-2-4-17-14(9)20-13(11)12(16)7-10/h2-4,6-8H,5H2,1H3,(H,18,19). The van der Waals surface area contributed by atoms with Crippen LogP contribution >= 0.6 is 11.6 Å². The third-order valence-electron chi connectivity index (χ3n) is 3.44. The molecule has 20 heavy (non-hydrogen) atoms. The van der Waals surface area contributed by atoms with Crippen molar-refractivity contribution in [2.45, 2.75) is 19.3 Å². The number of aromatic nitrogens is 1. The first kappa shape index (κ1) is 12.9. The number of carboxylic acid groups (broad SMARTS) is 1. The molecule has 1 N–H and O–H groups in total. The predicted molar refractivity (Wildman–Crippen MR) is 74.6 cm³/mol. The Morgan fingerprint density at radius 3 is 3.00 bits per heavy atom. The van der Waals surface area contributed by atoms with E-state index >= 15 is 0 Å². The molecule has 1 atom stereocenters. The van der Waals surface area contributed by atoms with Gasteiger partial charge in [-0.15, -0.1) is 0 Å². The lowest BCUT2D eigenvalue weighted by atomic mass is 9.95. The second kappa shape index (κ2) is 4.80. The van der Waals surface area contributed by atoms with Gasteiger partial charge < -0.3 is 9.84 Å². The lowest BCUT2D eigenvalue weighted by Gasteiger charge is -2.21. The van der Waals surface area contributed by atoms with Crippen LogP contribution in [0.1, 0.15) is 29.5 Å². The molecule has 2 aromatic rings. The van der Waals surface area contributed by atoms with Crippen molar-refractivity contribution in [1.29, 1.82) is 0 Å². The lowest BCUT2D eigenvalue weighted by Crippen LogP contribution is -2.10. The van der Waals surface area contributed by atoms with Crippen LogP contribution in [0.3, 0.4) is 0 Å². The number of aliphatic carboxylic acids is 1. The van der Waals surface area contributed by atoms with E-state index < -0.39 is 11.9 Å². The number of halogens is 1. The molecule has 1 aliphatic heterocycles. The molecule has 0 saturated carbocycles. The minimum absolute atomic E-state index is 0.418. The van der Waals surface area contributed by atoms with E-state index in [0.29, 0.717) is 28.6 Å². The molecule has 0 spiro atoms. The summed E-state index contributed by atoms with van der Waals surface area (Å²) in [6, 6.07) is 7.27. The van der Waals surface area contributed by atoms with E-state index in [1.165, 1.54) is 0 Å². The Kier molecular flexibility index (Phi) is 3.10. The largest absolute Gasteiger partial charge is 0.481 e. The molecule has 0 saturated heterocycles. The molecule has 2 heterocycles. The van der Waals surface area contributed by atoms with Gasteiger partial charge in [-0.1, -0.05) is 23.7 Å². The van der Waals surface area contributed by atoms with E-state index in [-0.39, 0.29) is 0 Å². The Morgan fingerprint density at radius 1 is 1.45 bits per heavy atom. The maximum Gasteiger partial charge on any atom is 0.310 e. The van der Waals surface area contributed by atoms with Crippen molar-refractivity contribution in [2.75, 3.05) is 0 Å². The predicted octanol–water partition coefficient (Wildman–Crippen LogP) is 3.62. The summed E-state index contributed by atoms with van der Waals surface area (Å²) in [5.41, 5.74) is 2.54. The Morgan fingerprint density at radius 2 is 2.25 bits per heavy atom. The van der Waals surface area contributed by atoms with Gasteiger partial charge in [0.05, 0.1) is 10.9 Å². The molecule has 0 fully saturated rings. The average Bonchev–Trinajstić information content (AvgIpc) is 2.44. The van der Waals surface area contributed by atoms with Gasteiger partial charge in [-0.05, 0) is 24.6 Å². The molecule has 0 bridgehead atoms. The molecular formula is C15H12ClNO3. The van der Waals surface area contributed by atoms with Crippen LogP contribution in [0.15, 0.2) is 30.5 Å². The molecule has 4 nitrogen and oxygen atoms in total. The van der Waals surface area contributed by atoms with Crippen molar-refractivity contribution in [3.8, 4) is 11.6 Å². The van der Waals surface area contributed by atoms with Crippen molar-refractivity contribution in [3.05, 3.63) is 52.2 Å². The Hall–Kier alpha value is -2.07. The molecule has 102 valence electrons. The van der Waals surface area contributed by atoms with Crippen LogP contribution in [-0.2, 0) is 11.2 Å². The summed E-state index contributed by atoms with van der Waals surface area (Å²) in [5, 5.41) is 9.52. The molecule has 3 rings (SSSR count). The summed E-state index contributed by atoms with van der Waals surface area (Å²) >= 11 is 6.22. The van der Waals surface area contributed by atoms with Gasteiger partial charge >= 0.3 is 5.97 Å². The van der Waals surface area contributed by atoms with E-state index in [9.17, 15) is 4.79 Å². The second-order valence-electron chi connectivity index (χ2n) is 4.80. The van der Waals surface area contributed by atoms with Crippen LogP contribution in [-0.4, -0.2) is 16.1 Å². The first-order chi connectivity index (χ1) is 9.56. The molecule has 1 aliphatic rings. The van der Waals surface area contributed by atoms with E-state index in [1.54, 1.807) is 19.2 Å². The van der Waals surface area contributed by atoms with Crippen LogP contribution < -0.4 is 4.74 Å². The summed E-state index contributed by atoms with van der Waals surface area (Å²) in [6.45, 7) is 1.64. The van der Waals surface area contributed by atoms with Gasteiger partial charge in [0.15, 0.2) is 5.75 Å². The van der Waals surface area contributed by atoms with E-state index in [2.05, 4.69) is 4.98 Å². The maximum atomic E-state index is 11.1. The highest BCUT2D eigenvalue weighted by molar-refractivity contribution is 6.32. The molecule has 0 amide bonds. The number of pyridine rings is 1. The number of carboxylic acids is 1. The number of benzene rings is 1. The van der Waals surface area contributed by atoms with E-state index in [0.717, 1.165) is 11.1 Å². The zero-order valence-electron chi connectivity index (χ0n) is 10.8.